The van der Waals surface area contributed by atoms with Crippen molar-refractivity contribution in [3.05, 3.63) is 71.8 Å². The van der Waals surface area contributed by atoms with E-state index in [9.17, 15) is 4.79 Å². The van der Waals surface area contributed by atoms with Crippen LogP contribution in [0, 0.1) is 6.92 Å². The van der Waals surface area contributed by atoms with Gasteiger partial charge in [-0.25, -0.2) is 0 Å². The molecule has 94 valence electrons. The van der Waals surface area contributed by atoms with Crippen molar-refractivity contribution in [2.75, 3.05) is 0 Å². The number of benzene rings is 1. The Morgan fingerprint density at radius 2 is 1.94 bits per heavy atom. The van der Waals surface area contributed by atoms with Crippen molar-refractivity contribution in [1.82, 2.24) is 0 Å². The third-order valence-electron chi connectivity index (χ3n) is 2.93. The van der Waals surface area contributed by atoms with Crippen molar-refractivity contribution >= 4 is 5.78 Å². The maximum absolute atomic E-state index is 11.9. The molecule has 1 aliphatic carbocycles. The van der Waals surface area contributed by atoms with Crippen LogP contribution in [0.25, 0.3) is 0 Å². The molecule has 0 atom stereocenters. The first kappa shape index (κ1) is 14.2. The van der Waals surface area contributed by atoms with E-state index in [4.69, 9.17) is 0 Å². The van der Waals surface area contributed by atoms with E-state index in [1.165, 1.54) is 11.1 Å². The number of carbonyl (C=O) groups is 1. The largest absolute Gasteiger partial charge is 0.289 e. The Kier molecular flexibility index (Phi) is 5.31. The summed E-state index contributed by atoms with van der Waals surface area (Å²) in [4.78, 5) is 11.9. The molecule has 0 saturated heterocycles. The molecular formula is C17H20O. The molecule has 0 saturated carbocycles. The van der Waals surface area contributed by atoms with Crippen LogP contribution in [0.5, 0.6) is 0 Å². The lowest BCUT2D eigenvalue weighted by Crippen LogP contribution is -1.94. The molecule has 0 bridgehead atoms. The van der Waals surface area contributed by atoms with Gasteiger partial charge in [0.1, 0.15) is 0 Å². The number of fused-ring (bicyclic) bond motifs is 1. The summed E-state index contributed by atoms with van der Waals surface area (Å²) >= 11 is 0. The molecule has 1 aromatic carbocycles. The Morgan fingerprint density at radius 1 is 1.28 bits per heavy atom. The molecule has 1 heteroatoms. The van der Waals surface area contributed by atoms with Crippen LogP contribution in [0.4, 0.5) is 0 Å². The molecule has 0 aliphatic heterocycles. The van der Waals surface area contributed by atoms with Gasteiger partial charge in [0.2, 0.25) is 0 Å². The van der Waals surface area contributed by atoms with Crippen molar-refractivity contribution in [2.24, 2.45) is 0 Å². The quantitative estimate of drug-likeness (QED) is 0.552. The third-order valence-corrected chi connectivity index (χ3v) is 2.93. The fourth-order valence-corrected chi connectivity index (χ4v) is 2.00. The Morgan fingerprint density at radius 3 is 2.44 bits per heavy atom. The van der Waals surface area contributed by atoms with Gasteiger partial charge in [-0.1, -0.05) is 56.5 Å². The minimum Gasteiger partial charge on any atom is -0.289 e. The minimum absolute atomic E-state index is 0.227. The molecule has 0 spiro atoms. The summed E-state index contributed by atoms with van der Waals surface area (Å²) in [5.41, 5.74) is 4.33. The van der Waals surface area contributed by atoms with E-state index in [-0.39, 0.29) is 5.78 Å². The Balaban J connectivity index is 0.000000357. The zero-order valence-corrected chi connectivity index (χ0v) is 11.2. The molecular weight excluding hydrogens is 220 g/mol. The van der Waals surface area contributed by atoms with Crippen LogP contribution in [0.3, 0.4) is 0 Å². The summed E-state index contributed by atoms with van der Waals surface area (Å²) in [5, 5.41) is 0. The van der Waals surface area contributed by atoms with Crippen LogP contribution < -0.4 is 0 Å². The van der Waals surface area contributed by atoms with Gasteiger partial charge in [0.05, 0.1) is 0 Å². The molecule has 18 heavy (non-hydrogen) atoms. The summed E-state index contributed by atoms with van der Waals surface area (Å²) in [6.45, 7) is 10.9. The minimum atomic E-state index is 0.227. The first-order chi connectivity index (χ1) is 8.65. The number of hydrogen-bond acceptors (Lipinski definition) is 1. The first-order valence-electron chi connectivity index (χ1n) is 6.21. The van der Waals surface area contributed by atoms with Crippen LogP contribution in [0.2, 0.25) is 0 Å². The monoisotopic (exact) mass is 240 g/mol. The lowest BCUT2D eigenvalue weighted by atomic mass is 10.1. The molecule has 1 aliphatic rings. The predicted octanol–water partition coefficient (Wildman–Crippen LogP) is 4.43. The van der Waals surface area contributed by atoms with Gasteiger partial charge in [-0.05, 0) is 24.5 Å². The van der Waals surface area contributed by atoms with Gasteiger partial charge >= 0.3 is 0 Å². The third kappa shape index (κ3) is 3.07. The molecule has 2 rings (SSSR count). The Bertz CT molecular complexity index is 486. The highest BCUT2D eigenvalue weighted by Gasteiger charge is 2.24. The summed E-state index contributed by atoms with van der Waals surface area (Å²) in [7, 11) is 0. The normalized spacial score (nSPS) is 14.8. The topological polar surface area (TPSA) is 17.1 Å². The van der Waals surface area contributed by atoms with Gasteiger partial charge in [0.15, 0.2) is 5.78 Å². The molecule has 0 radical (unpaired) electrons. The smallest absolute Gasteiger partial charge is 0.189 e. The number of ketones is 1. The lowest BCUT2D eigenvalue weighted by Gasteiger charge is -1.99. The van der Waals surface area contributed by atoms with Crippen molar-refractivity contribution < 1.29 is 4.79 Å². The van der Waals surface area contributed by atoms with Crippen molar-refractivity contribution in [3.63, 3.8) is 0 Å². The second kappa shape index (κ2) is 6.75. The predicted molar refractivity (Wildman–Crippen MR) is 78.0 cm³/mol. The van der Waals surface area contributed by atoms with Gasteiger partial charge in [0, 0.05) is 17.6 Å². The van der Waals surface area contributed by atoms with Crippen molar-refractivity contribution in [1.29, 1.82) is 0 Å². The van der Waals surface area contributed by atoms with E-state index in [2.05, 4.69) is 33.1 Å². The highest BCUT2D eigenvalue weighted by atomic mass is 16.1. The van der Waals surface area contributed by atoms with E-state index in [0.717, 1.165) is 24.0 Å². The molecule has 1 aromatic rings. The number of hydrogen-bond donors (Lipinski definition) is 0. The van der Waals surface area contributed by atoms with Crippen molar-refractivity contribution in [3.8, 4) is 0 Å². The SMILES string of the molecule is C=CC=C.CC/C=C1\Cc2c(C)cccc2C1=O. The van der Waals surface area contributed by atoms with E-state index < -0.39 is 0 Å². The van der Waals surface area contributed by atoms with Crippen LogP contribution in [-0.4, -0.2) is 5.78 Å². The van der Waals surface area contributed by atoms with Gasteiger partial charge in [0.25, 0.3) is 0 Å². The lowest BCUT2D eigenvalue weighted by molar-refractivity contribution is 0.103. The summed E-state index contributed by atoms with van der Waals surface area (Å²) < 4.78 is 0. The maximum atomic E-state index is 11.9. The van der Waals surface area contributed by atoms with E-state index >= 15 is 0 Å². The Hall–Kier alpha value is -1.89. The van der Waals surface area contributed by atoms with E-state index in [1.54, 1.807) is 12.2 Å². The van der Waals surface area contributed by atoms with Gasteiger partial charge in [-0.3, -0.25) is 4.79 Å². The highest BCUT2D eigenvalue weighted by Crippen LogP contribution is 2.28. The zero-order chi connectivity index (χ0) is 13.5. The van der Waals surface area contributed by atoms with Crippen LogP contribution >= 0.6 is 0 Å². The number of carbonyl (C=O) groups excluding carboxylic acids is 1. The molecule has 0 heterocycles. The average molecular weight is 240 g/mol. The van der Waals surface area contributed by atoms with Crippen LogP contribution in [0.15, 0.2) is 55.2 Å². The zero-order valence-electron chi connectivity index (χ0n) is 11.2. The van der Waals surface area contributed by atoms with Gasteiger partial charge < -0.3 is 0 Å². The molecule has 0 N–H and O–H groups in total. The standard InChI is InChI=1S/C13H14O.C4H6/c1-3-5-10-8-12-9(2)6-4-7-11(12)13(10)14;1-3-4-2/h4-7H,3,8H2,1-2H3;3-4H,1-2H2/b10-5+;. The number of Topliss-reactive ketones (excluding diaryl/α,β-unsaturated/α-hetero) is 1. The fraction of sp³-hybridized carbons (Fsp3) is 0.235. The number of allylic oxidation sites excluding steroid dienone is 4. The second-order valence-electron chi connectivity index (χ2n) is 4.22. The first-order valence-corrected chi connectivity index (χ1v) is 6.21. The number of aryl methyl sites for hydroxylation is 1. The van der Waals surface area contributed by atoms with Crippen LogP contribution in [-0.2, 0) is 6.42 Å². The van der Waals surface area contributed by atoms with E-state index in [0.29, 0.717) is 0 Å². The van der Waals surface area contributed by atoms with Crippen molar-refractivity contribution in [2.45, 2.75) is 26.7 Å². The molecule has 1 nitrogen and oxygen atoms in total. The molecule has 0 amide bonds. The summed E-state index contributed by atoms with van der Waals surface area (Å²) in [5.74, 6) is 0.227. The molecule has 0 unspecified atom stereocenters. The van der Waals surface area contributed by atoms with Gasteiger partial charge in [-0.15, -0.1) is 0 Å². The summed E-state index contributed by atoms with van der Waals surface area (Å²) in [6, 6.07) is 5.96. The highest BCUT2D eigenvalue weighted by molar-refractivity contribution is 6.13. The summed E-state index contributed by atoms with van der Waals surface area (Å²) in [6.07, 6.45) is 7.09. The second-order valence-corrected chi connectivity index (χ2v) is 4.22. The molecule has 0 fully saturated rings. The Labute approximate surface area is 110 Å². The molecule has 0 aromatic heterocycles. The fourth-order valence-electron chi connectivity index (χ4n) is 2.00. The van der Waals surface area contributed by atoms with Gasteiger partial charge in [-0.2, -0.15) is 0 Å². The van der Waals surface area contributed by atoms with Crippen LogP contribution in [0.1, 0.15) is 34.8 Å². The average Bonchev–Trinajstić information content (AvgIpc) is 2.70. The number of rotatable bonds is 2. The van der Waals surface area contributed by atoms with E-state index in [1.807, 2.05) is 18.2 Å². The maximum Gasteiger partial charge on any atom is 0.189 e.